The first-order chi connectivity index (χ1) is 15.6. The van der Waals surface area contributed by atoms with Crippen LogP contribution >= 0.6 is 0 Å². The number of rotatable bonds is 4. The Bertz CT molecular complexity index is 1130. The number of fused-ring (bicyclic) bond motifs is 7. The van der Waals surface area contributed by atoms with Crippen LogP contribution < -0.4 is 15.4 Å². The molecular weight excluding hydrogens is 402 g/mol. The maximum absolute atomic E-state index is 12.7. The molecule has 1 amide bonds. The number of hydrogen-bond donors (Lipinski definition) is 2. The normalized spacial score (nSPS) is 12.8. The number of amides is 1. The van der Waals surface area contributed by atoms with Crippen molar-refractivity contribution in [3.63, 3.8) is 0 Å². The Labute approximate surface area is 188 Å². The molecule has 2 heterocycles. The highest BCUT2D eigenvalue weighted by molar-refractivity contribution is 5.96. The fourth-order valence-corrected chi connectivity index (χ4v) is 3.36. The predicted molar refractivity (Wildman–Crippen MR) is 127 cm³/mol. The molecule has 3 aromatic rings. The van der Waals surface area contributed by atoms with E-state index in [2.05, 4.69) is 20.6 Å². The molecule has 0 unspecified atom stereocenters. The minimum Gasteiger partial charge on any atom is -0.493 e. The Balaban J connectivity index is 1.66. The third-order valence-corrected chi connectivity index (χ3v) is 4.97. The van der Waals surface area contributed by atoms with Gasteiger partial charge in [-0.05, 0) is 62.5 Å². The molecule has 1 aliphatic heterocycles. The second-order valence-electron chi connectivity index (χ2n) is 7.86. The Hall–Kier alpha value is -3.71. The van der Waals surface area contributed by atoms with Gasteiger partial charge in [0.05, 0.1) is 12.3 Å². The van der Waals surface area contributed by atoms with Crippen LogP contribution in [-0.4, -0.2) is 54.6 Å². The maximum Gasteiger partial charge on any atom is 0.251 e. The monoisotopic (exact) mass is 429 g/mol. The number of carbonyl (C=O) groups excluding carboxylic acids is 1. The number of anilines is 2. The standard InChI is InChI=1S/C25H27N5O2/c1-30(2)12-11-26-24(31)20-14-18-6-3-4-13-32-22-8-5-7-19(17-22)23-9-10-27-25(29-23)28-21(15-18)16-20/h3,5-10,14-17H,4,11-13H2,1-2H3,(H,26,31)(H,27,28,29). The van der Waals surface area contributed by atoms with E-state index in [9.17, 15) is 4.79 Å². The highest BCUT2D eigenvalue weighted by atomic mass is 16.5. The lowest BCUT2D eigenvalue weighted by Gasteiger charge is -2.12. The van der Waals surface area contributed by atoms with E-state index in [0.29, 0.717) is 24.7 Å². The van der Waals surface area contributed by atoms with Crippen molar-refractivity contribution >= 4 is 23.6 Å². The summed E-state index contributed by atoms with van der Waals surface area (Å²) in [6.07, 6.45) is 6.51. The van der Waals surface area contributed by atoms with E-state index in [4.69, 9.17) is 4.74 Å². The number of nitrogens with one attached hydrogen (secondary N) is 2. The van der Waals surface area contributed by atoms with Crippen LogP contribution in [0.15, 0.2) is 60.8 Å². The van der Waals surface area contributed by atoms with Crippen LogP contribution in [0.3, 0.4) is 0 Å². The third kappa shape index (κ3) is 5.70. The summed E-state index contributed by atoms with van der Waals surface area (Å²) in [5, 5.41) is 6.23. The van der Waals surface area contributed by atoms with E-state index in [1.807, 2.05) is 79.7 Å². The molecule has 0 spiro atoms. The van der Waals surface area contributed by atoms with Gasteiger partial charge in [0.25, 0.3) is 5.91 Å². The predicted octanol–water partition coefficient (Wildman–Crippen LogP) is 3.97. The number of hydrogen-bond acceptors (Lipinski definition) is 6. The van der Waals surface area contributed by atoms with Gasteiger partial charge < -0.3 is 20.3 Å². The van der Waals surface area contributed by atoms with Crippen molar-refractivity contribution in [1.82, 2.24) is 20.2 Å². The van der Waals surface area contributed by atoms with E-state index in [1.165, 1.54) is 0 Å². The van der Waals surface area contributed by atoms with E-state index in [-0.39, 0.29) is 5.91 Å². The summed E-state index contributed by atoms with van der Waals surface area (Å²) < 4.78 is 5.90. The molecule has 4 rings (SSSR count). The Morgan fingerprint density at radius 2 is 2.09 bits per heavy atom. The van der Waals surface area contributed by atoms with Crippen LogP contribution in [-0.2, 0) is 0 Å². The van der Waals surface area contributed by atoms with Gasteiger partial charge in [-0.2, -0.15) is 0 Å². The van der Waals surface area contributed by atoms with Crippen molar-refractivity contribution in [3.05, 3.63) is 71.9 Å². The average molecular weight is 430 g/mol. The molecule has 1 aliphatic rings. The van der Waals surface area contributed by atoms with Crippen LogP contribution in [0.1, 0.15) is 22.3 Å². The van der Waals surface area contributed by atoms with Gasteiger partial charge in [0.2, 0.25) is 5.95 Å². The molecule has 0 fully saturated rings. The fraction of sp³-hybridized carbons (Fsp3) is 0.240. The number of benzene rings is 2. The number of likely N-dealkylation sites (N-methyl/N-ethyl adjacent to an activating group) is 1. The smallest absolute Gasteiger partial charge is 0.251 e. The molecule has 7 heteroatoms. The first kappa shape index (κ1) is 21.5. The van der Waals surface area contributed by atoms with E-state index in [0.717, 1.165) is 41.2 Å². The van der Waals surface area contributed by atoms with Crippen LogP contribution in [0.2, 0.25) is 0 Å². The molecule has 6 bridgehead atoms. The average Bonchev–Trinajstić information content (AvgIpc) is 2.78. The lowest BCUT2D eigenvalue weighted by Crippen LogP contribution is -2.31. The molecule has 0 radical (unpaired) electrons. The molecule has 2 aromatic carbocycles. The van der Waals surface area contributed by atoms with E-state index in [1.54, 1.807) is 6.20 Å². The van der Waals surface area contributed by atoms with Crippen molar-refractivity contribution in [2.24, 2.45) is 0 Å². The second kappa shape index (κ2) is 10.1. The van der Waals surface area contributed by atoms with Gasteiger partial charge in [-0.3, -0.25) is 4.79 Å². The second-order valence-corrected chi connectivity index (χ2v) is 7.86. The SMILES string of the molecule is CN(C)CCNC(=O)c1cc2cc(c1)Nc1nccc(n1)-c1cccc(c1)OCCC=C2. The molecular formula is C25H27N5O2. The van der Waals surface area contributed by atoms with Gasteiger partial charge in [0.15, 0.2) is 0 Å². The van der Waals surface area contributed by atoms with Gasteiger partial charge in [-0.25, -0.2) is 9.97 Å². The van der Waals surface area contributed by atoms with Crippen LogP contribution in [0, 0.1) is 0 Å². The lowest BCUT2D eigenvalue weighted by atomic mass is 10.1. The van der Waals surface area contributed by atoms with Gasteiger partial charge in [-0.1, -0.05) is 24.3 Å². The van der Waals surface area contributed by atoms with E-state index < -0.39 is 0 Å². The number of aromatic nitrogens is 2. The number of ether oxygens (including phenoxy) is 1. The molecule has 32 heavy (non-hydrogen) atoms. The molecule has 0 saturated carbocycles. The molecule has 2 N–H and O–H groups in total. The molecule has 1 aromatic heterocycles. The number of carbonyl (C=O) groups is 1. The fourth-order valence-electron chi connectivity index (χ4n) is 3.36. The quantitative estimate of drug-likeness (QED) is 0.653. The van der Waals surface area contributed by atoms with Gasteiger partial charge in [-0.15, -0.1) is 0 Å². The minimum atomic E-state index is -0.114. The van der Waals surface area contributed by atoms with Crippen LogP contribution in [0.4, 0.5) is 11.6 Å². The maximum atomic E-state index is 12.7. The lowest BCUT2D eigenvalue weighted by molar-refractivity contribution is 0.0951. The Kier molecular flexibility index (Phi) is 6.77. The summed E-state index contributed by atoms with van der Waals surface area (Å²) in [5.41, 5.74) is 3.99. The molecule has 0 saturated heterocycles. The molecule has 0 atom stereocenters. The molecule has 164 valence electrons. The zero-order chi connectivity index (χ0) is 22.3. The van der Waals surface area contributed by atoms with E-state index >= 15 is 0 Å². The summed E-state index contributed by atoms with van der Waals surface area (Å²) in [6, 6.07) is 15.4. The highest BCUT2D eigenvalue weighted by Gasteiger charge is 2.10. The van der Waals surface area contributed by atoms with Crippen LogP contribution in [0.25, 0.3) is 17.3 Å². The zero-order valence-electron chi connectivity index (χ0n) is 18.3. The van der Waals surface area contributed by atoms with Crippen molar-refractivity contribution in [2.45, 2.75) is 6.42 Å². The molecule has 0 aliphatic carbocycles. The summed E-state index contributed by atoms with van der Waals surface area (Å²) in [7, 11) is 3.95. The van der Waals surface area contributed by atoms with Gasteiger partial charge in [0, 0.05) is 36.1 Å². The summed E-state index contributed by atoms with van der Waals surface area (Å²) >= 11 is 0. The number of nitrogens with zero attached hydrogens (tertiary/aromatic N) is 3. The van der Waals surface area contributed by atoms with Crippen molar-refractivity contribution < 1.29 is 9.53 Å². The first-order valence-corrected chi connectivity index (χ1v) is 10.6. The Morgan fingerprint density at radius 3 is 2.97 bits per heavy atom. The Morgan fingerprint density at radius 1 is 1.19 bits per heavy atom. The molecule has 7 nitrogen and oxygen atoms in total. The summed E-state index contributed by atoms with van der Waals surface area (Å²) in [6.45, 7) is 1.91. The van der Waals surface area contributed by atoms with Crippen molar-refractivity contribution in [2.75, 3.05) is 39.1 Å². The van der Waals surface area contributed by atoms with Crippen LogP contribution in [0.5, 0.6) is 5.75 Å². The third-order valence-electron chi connectivity index (χ3n) is 4.97. The first-order valence-electron chi connectivity index (χ1n) is 10.6. The van der Waals surface area contributed by atoms with Crippen molar-refractivity contribution in [1.29, 1.82) is 0 Å². The van der Waals surface area contributed by atoms with Gasteiger partial charge in [0.1, 0.15) is 5.75 Å². The topological polar surface area (TPSA) is 79.4 Å². The van der Waals surface area contributed by atoms with Crippen molar-refractivity contribution in [3.8, 4) is 17.0 Å². The largest absolute Gasteiger partial charge is 0.493 e. The minimum absolute atomic E-state index is 0.114. The highest BCUT2D eigenvalue weighted by Crippen LogP contribution is 2.25. The summed E-state index contributed by atoms with van der Waals surface area (Å²) in [4.78, 5) is 23.8. The zero-order valence-corrected chi connectivity index (χ0v) is 18.3. The van der Waals surface area contributed by atoms with Gasteiger partial charge >= 0.3 is 0 Å². The summed E-state index contributed by atoms with van der Waals surface area (Å²) in [5.74, 6) is 1.15.